The molecule has 0 aromatic carbocycles. The van der Waals surface area contributed by atoms with Gasteiger partial charge in [-0.1, -0.05) is 19.0 Å². The topological polar surface area (TPSA) is 72.4 Å². The van der Waals surface area contributed by atoms with E-state index < -0.39 is 0 Å². The summed E-state index contributed by atoms with van der Waals surface area (Å²) >= 11 is 0. The van der Waals surface area contributed by atoms with Crippen molar-refractivity contribution in [3.05, 3.63) is 17.0 Å². The number of nitrogens with zero attached hydrogens (tertiary/aromatic N) is 2. The average molecular weight is 277 g/mol. The number of amides is 1. The Morgan fingerprint density at radius 3 is 2.90 bits per heavy atom. The summed E-state index contributed by atoms with van der Waals surface area (Å²) in [6.45, 7) is 5.64. The van der Waals surface area contributed by atoms with Gasteiger partial charge in [0.1, 0.15) is 5.76 Å². The number of nitrogens with two attached hydrogens (primary N) is 1. The lowest BCUT2D eigenvalue weighted by atomic mass is 9.79. The molecular weight excluding hydrogens is 254 g/mol. The van der Waals surface area contributed by atoms with Crippen LogP contribution in [-0.2, 0) is 12.8 Å². The molecular formula is C15H23N3O2. The molecule has 0 bridgehead atoms. The monoisotopic (exact) mass is 277 g/mol. The molecule has 2 heterocycles. The lowest BCUT2D eigenvalue weighted by molar-refractivity contribution is 0.0522. The summed E-state index contributed by atoms with van der Waals surface area (Å²) in [5.41, 5.74) is 7.66. The number of aryl methyl sites for hydroxylation is 1. The normalized spacial score (nSPS) is 25.4. The highest BCUT2D eigenvalue weighted by molar-refractivity contribution is 5.94. The summed E-state index contributed by atoms with van der Waals surface area (Å²) in [6, 6.07) is 0.151. The van der Waals surface area contributed by atoms with Gasteiger partial charge in [-0.15, -0.1) is 0 Å². The van der Waals surface area contributed by atoms with E-state index in [1.165, 1.54) is 0 Å². The number of fused-ring (bicyclic) bond motifs is 1. The van der Waals surface area contributed by atoms with E-state index >= 15 is 0 Å². The minimum atomic E-state index is -0.0439. The minimum Gasteiger partial charge on any atom is -0.360 e. The van der Waals surface area contributed by atoms with Gasteiger partial charge >= 0.3 is 0 Å². The van der Waals surface area contributed by atoms with Crippen LogP contribution in [0.5, 0.6) is 0 Å². The van der Waals surface area contributed by atoms with Crippen LogP contribution >= 0.6 is 0 Å². The van der Waals surface area contributed by atoms with E-state index in [4.69, 9.17) is 10.3 Å². The predicted molar refractivity (Wildman–Crippen MR) is 75.4 cm³/mol. The molecule has 0 saturated carbocycles. The first kappa shape index (κ1) is 13.6. The first-order chi connectivity index (χ1) is 9.49. The standard InChI is InChI=1S/C15H23N3O2/c1-15(2)9-18(8-7-12(15)16)14(19)13-10-5-3-4-6-11(10)20-17-13/h12H,3-9,16H2,1-2H3. The van der Waals surface area contributed by atoms with Gasteiger partial charge in [-0.05, 0) is 31.1 Å². The SMILES string of the molecule is CC1(C)CN(C(=O)c2noc3c2CCCC3)CCC1N. The summed E-state index contributed by atoms with van der Waals surface area (Å²) in [6.07, 6.45) is 4.91. The van der Waals surface area contributed by atoms with E-state index in [1.54, 1.807) is 0 Å². The molecule has 0 radical (unpaired) electrons. The van der Waals surface area contributed by atoms with Crippen molar-refractivity contribution in [3.8, 4) is 0 Å². The molecule has 1 amide bonds. The Bertz CT molecular complexity index is 521. The Labute approximate surface area is 119 Å². The molecule has 1 aliphatic heterocycles. The van der Waals surface area contributed by atoms with Crippen LogP contribution < -0.4 is 5.73 Å². The van der Waals surface area contributed by atoms with E-state index in [9.17, 15) is 4.79 Å². The highest BCUT2D eigenvalue weighted by atomic mass is 16.5. The number of hydrogen-bond acceptors (Lipinski definition) is 4. The largest absolute Gasteiger partial charge is 0.360 e. The van der Waals surface area contributed by atoms with Crippen molar-refractivity contribution in [3.63, 3.8) is 0 Å². The number of aromatic nitrogens is 1. The zero-order valence-corrected chi connectivity index (χ0v) is 12.3. The smallest absolute Gasteiger partial charge is 0.276 e. The molecule has 1 atom stereocenters. The second-order valence-electron chi connectivity index (χ2n) is 6.75. The lowest BCUT2D eigenvalue weighted by Gasteiger charge is -2.42. The molecule has 110 valence electrons. The fraction of sp³-hybridized carbons (Fsp3) is 0.733. The maximum atomic E-state index is 12.7. The predicted octanol–water partition coefficient (Wildman–Crippen LogP) is 1.75. The third-order valence-electron chi connectivity index (χ3n) is 4.75. The molecule has 2 N–H and O–H groups in total. The molecule has 0 spiro atoms. The van der Waals surface area contributed by atoms with Crippen molar-refractivity contribution < 1.29 is 9.32 Å². The fourth-order valence-electron chi connectivity index (χ4n) is 3.25. The number of hydrogen-bond donors (Lipinski definition) is 1. The van der Waals surface area contributed by atoms with E-state index in [-0.39, 0.29) is 17.4 Å². The third-order valence-corrected chi connectivity index (χ3v) is 4.75. The van der Waals surface area contributed by atoms with E-state index in [1.807, 2.05) is 4.90 Å². The van der Waals surface area contributed by atoms with E-state index in [0.29, 0.717) is 18.8 Å². The van der Waals surface area contributed by atoms with Crippen LogP contribution in [0.1, 0.15) is 54.9 Å². The van der Waals surface area contributed by atoms with Gasteiger partial charge in [0.15, 0.2) is 5.69 Å². The Hall–Kier alpha value is -1.36. The van der Waals surface area contributed by atoms with Gasteiger partial charge in [0.25, 0.3) is 5.91 Å². The van der Waals surface area contributed by atoms with Crippen molar-refractivity contribution in [2.24, 2.45) is 11.1 Å². The number of piperidine rings is 1. The minimum absolute atomic E-state index is 0.0110. The van der Waals surface area contributed by atoms with Gasteiger partial charge in [-0.3, -0.25) is 4.79 Å². The van der Waals surface area contributed by atoms with Crippen LogP contribution in [0.15, 0.2) is 4.52 Å². The molecule has 3 rings (SSSR count). The van der Waals surface area contributed by atoms with Crippen LogP contribution in [0.4, 0.5) is 0 Å². The quantitative estimate of drug-likeness (QED) is 0.849. The van der Waals surface area contributed by atoms with Gasteiger partial charge in [0, 0.05) is 31.1 Å². The Kier molecular flexibility index (Phi) is 3.32. The van der Waals surface area contributed by atoms with Gasteiger partial charge in [0.2, 0.25) is 0 Å². The third kappa shape index (κ3) is 2.24. The maximum absolute atomic E-state index is 12.7. The fourth-order valence-corrected chi connectivity index (χ4v) is 3.25. The van der Waals surface area contributed by atoms with Gasteiger partial charge in [-0.25, -0.2) is 0 Å². The second kappa shape index (κ2) is 4.88. The zero-order valence-electron chi connectivity index (χ0n) is 12.3. The molecule has 20 heavy (non-hydrogen) atoms. The van der Waals surface area contributed by atoms with Crippen LogP contribution in [0.25, 0.3) is 0 Å². The second-order valence-corrected chi connectivity index (χ2v) is 6.75. The average Bonchev–Trinajstić information content (AvgIpc) is 2.85. The molecule has 1 aromatic rings. The maximum Gasteiger partial charge on any atom is 0.276 e. The van der Waals surface area contributed by atoms with E-state index in [0.717, 1.165) is 43.4 Å². The van der Waals surface area contributed by atoms with Crippen molar-refractivity contribution in [2.45, 2.75) is 52.0 Å². The van der Waals surface area contributed by atoms with E-state index in [2.05, 4.69) is 19.0 Å². The zero-order chi connectivity index (χ0) is 14.3. The summed E-state index contributed by atoms with van der Waals surface area (Å²) in [5.74, 6) is 0.921. The first-order valence-corrected chi connectivity index (χ1v) is 7.51. The summed E-state index contributed by atoms with van der Waals surface area (Å²) in [7, 11) is 0. The van der Waals surface area contributed by atoms with Crippen LogP contribution in [-0.4, -0.2) is 35.1 Å². The van der Waals surface area contributed by atoms with Crippen molar-refractivity contribution in [2.75, 3.05) is 13.1 Å². The molecule has 5 heteroatoms. The van der Waals surface area contributed by atoms with Crippen molar-refractivity contribution in [1.82, 2.24) is 10.1 Å². The van der Waals surface area contributed by atoms with Crippen LogP contribution in [0.2, 0.25) is 0 Å². The number of carbonyl (C=O) groups is 1. The summed E-state index contributed by atoms with van der Waals surface area (Å²) in [5, 5.41) is 4.04. The highest BCUT2D eigenvalue weighted by Crippen LogP contribution is 2.30. The van der Waals surface area contributed by atoms with Gasteiger partial charge in [-0.2, -0.15) is 0 Å². The molecule has 1 aromatic heterocycles. The molecule has 1 fully saturated rings. The Morgan fingerprint density at radius 2 is 2.15 bits per heavy atom. The van der Waals surface area contributed by atoms with Gasteiger partial charge < -0.3 is 15.2 Å². The highest BCUT2D eigenvalue weighted by Gasteiger charge is 2.37. The first-order valence-electron chi connectivity index (χ1n) is 7.51. The van der Waals surface area contributed by atoms with Gasteiger partial charge in [0.05, 0.1) is 0 Å². The Morgan fingerprint density at radius 1 is 1.40 bits per heavy atom. The van der Waals surface area contributed by atoms with Crippen molar-refractivity contribution in [1.29, 1.82) is 0 Å². The summed E-state index contributed by atoms with van der Waals surface area (Å²) < 4.78 is 5.35. The number of carbonyl (C=O) groups excluding carboxylic acids is 1. The molecule has 2 aliphatic rings. The molecule has 1 saturated heterocycles. The molecule has 5 nitrogen and oxygen atoms in total. The number of likely N-dealkylation sites (tertiary alicyclic amines) is 1. The molecule has 1 aliphatic carbocycles. The summed E-state index contributed by atoms with van der Waals surface area (Å²) in [4.78, 5) is 14.6. The number of rotatable bonds is 1. The van der Waals surface area contributed by atoms with Crippen LogP contribution in [0, 0.1) is 5.41 Å². The molecule has 1 unspecified atom stereocenters. The van der Waals surface area contributed by atoms with Crippen LogP contribution in [0.3, 0.4) is 0 Å². The lowest BCUT2D eigenvalue weighted by Crippen LogP contribution is -2.54. The Balaban J connectivity index is 1.81. The van der Waals surface area contributed by atoms with Crippen molar-refractivity contribution >= 4 is 5.91 Å².